The van der Waals surface area contributed by atoms with Crippen molar-refractivity contribution < 1.29 is 0 Å². The Morgan fingerprint density at radius 3 is 2.24 bits per heavy atom. The maximum atomic E-state index is 5.76. The van der Waals surface area contributed by atoms with E-state index in [2.05, 4.69) is 45.9 Å². The van der Waals surface area contributed by atoms with Crippen molar-refractivity contribution in [2.24, 2.45) is 0 Å². The van der Waals surface area contributed by atoms with E-state index in [0.717, 1.165) is 26.1 Å². The van der Waals surface area contributed by atoms with Gasteiger partial charge in [-0.05, 0) is 20.3 Å². The summed E-state index contributed by atoms with van der Waals surface area (Å²) in [5, 5.41) is 3.25. The van der Waals surface area contributed by atoms with Gasteiger partial charge in [0.1, 0.15) is 0 Å². The third-order valence-corrected chi connectivity index (χ3v) is 3.50. The SMILES string of the molecule is CCCCCCCCNc1nc(N)nc(N(CC)CC)n1. The molecule has 0 amide bonds. The van der Waals surface area contributed by atoms with E-state index in [1.54, 1.807) is 0 Å². The van der Waals surface area contributed by atoms with E-state index in [1.165, 1.54) is 32.1 Å². The van der Waals surface area contributed by atoms with Crippen LogP contribution in [0.2, 0.25) is 0 Å². The summed E-state index contributed by atoms with van der Waals surface area (Å²) in [6.07, 6.45) is 7.65. The van der Waals surface area contributed by atoms with Gasteiger partial charge in [0.15, 0.2) is 0 Å². The lowest BCUT2D eigenvalue weighted by Crippen LogP contribution is -2.25. The molecule has 0 fully saturated rings. The molecule has 21 heavy (non-hydrogen) atoms. The number of anilines is 3. The van der Waals surface area contributed by atoms with Gasteiger partial charge in [0.05, 0.1) is 0 Å². The molecule has 0 aliphatic rings. The quantitative estimate of drug-likeness (QED) is 0.611. The number of rotatable bonds is 11. The fourth-order valence-electron chi connectivity index (χ4n) is 2.21. The van der Waals surface area contributed by atoms with E-state index in [9.17, 15) is 0 Å². The first-order valence-corrected chi connectivity index (χ1v) is 8.21. The summed E-state index contributed by atoms with van der Waals surface area (Å²) in [5.74, 6) is 1.51. The van der Waals surface area contributed by atoms with Crippen LogP contribution in [0.15, 0.2) is 0 Å². The smallest absolute Gasteiger partial charge is 0.231 e. The predicted molar refractivity (Wildman–Crippen MR) is 89.7 cm³/mol. The van der Waals surface area contributed by atoms with E-state index >= 15 is 0 Å². The molecule has 0 aromatic carbocycles. The predicted octanol–water partition coefficient (Wildman–Crippen LogP) is 3.07. The van der Waals surface area contributed by atoms with Crippen molar-refractivity contribution in [3.8, 4) is 0 Å². The molecule has 120 valence electrons. The molecule has 0 aliphatic carbocycles. The second-order valence-corrected chi connectivity index (χ2v) is 5.18. The zero-order valence-electron chi connectivity index (χ0n) is 13.7. The van der Waals surface area contributed by atoms with Crippen LogP contribution in [0.3, 0.4) is 0 Å². The van der Waals surface area contributed by atoms with Gasteiger partial charge in [0.2, 0.25) is 17.8 Å². The fraction of sp³-hybridized carbons (Fsp3) is 0.800. The van der Waals surface area contributed by atoms with E-state index in [1.807, 2.05) is 0 Å². The van der Waals surface area contributed by atoms with Crippen molar-refractivity contribution in [1.82, 2.24) is 15.0 Å². The number of nitrogens with one attached hydrogen (secondary N) is 1. The molecule has 0 atom stereocenters. The molecule has 0 aliphatic heterocycles. The largest absolute Gasteiger partial charge is 0.368 e. The summed E-state index contributed by atoms with van der Waals surface area (Å²) in [7, 11) is 0. The first-order chi connectivity index (χ1) is 10.2. The Balaban J connectivity index is 2.41. The van der Waals surface area contributed by atoms with E-state index < -0.39 is 0 Å². The molecule has 1 heterocycles. The molecule has 0 spiro atoms. The number of nitrogen functional groups attached to an aromatic ring is 1. The first-order valence-electron chi connectivity index (χ1n) is 8.21. The van der Waals surface area contributed by atoms with Gasteiger partial charge >= 0.3 is 0 Å². The Hall–Kier alpha value is -1.59. The highest BCUT2D eigenvalue weighted by atomic mass is 15.3. The Labute approximate surface area is 128 Å². The molecule has 0 radical (unpaired) electrons. The molecule has 1 rings (SSSR count). The minimum Gasteiger partial charge on any atom is -0.368 e. The van der Waals surface area contributed by atoms with Crippen LogP contribution in [0.5, 0.6) is 0 Å². The number of unbranched alkanes of at least 4 members (excludes halogenated alkanes) is 5. The normalized spacial score (nSPS) is 10.6. The Bertz CT molecular complexity index is 392. The van der Waals surface area contributed by atoms with Crippen LogP contribution in [-0.4, -0.2) is 34.6 Å². The summed E-state index contributed by atoms with van der Waals surface area (Å²) < 4.78 is 0. The Morgan fingerprint density at radius 2 is 1.57 bits per heavy atom. The van der Waals surface area contributed by atoms with Crippen molar-refractivity contribution in [1.29, 1.82) is 0 Å². The lowest BCUT2D eigenvalue weighted by molar-refractivity contribution is 0.616. The second-order valence-electron chi connectivity index (χ2n) is 5.18. The van der Waals surface area contributed by atoms with Gasteiger partial charge in [-0.1, -0.05) is 39.0 Å². The lowest BCUT2D eigenvalue weighted by atomic mass is 10.1. The van der Waals surface area contributed by atoms with E-state index in [4.69, 9.17) is 5.73 Å². The van der Waals surface area contributed by atoms with Gasteiger partial charge in [-0.3, -0.25) is 0 Å². The zero-order chi connectivity index (χ0) is 15.5. The first kappa shape index (κ1) is 17.5. The minimum atomic E-state index is 0.275. The number of hydrogen-bond donors (Lipinski definition) is 2. The van der Waals surface area contributed by atoms with Gasteiger partial charge in [0.25, 0.3) is 0 Å². The van der Waals surface area contributed by atoms with Gasteiger partial charge in [-0.2, -0.15) is 15.0 Å². The van der Waals surface area contributed by atoms with E-state index in [0.29, 0.717) is 11.9 Å². The van der Waals surface area contributed by atoms with Crippen LogP contribution in [-0.2, 0) is 0 Å². The third kappa shape index (κ3) is 6.60. The summed E-state index contributed by atoms with van der Waals surface area (Å²) in [6.45, 7) is 8.99. The molecular formula is C15H30N6. The molecule has 0 saturated heterocycles. The van der Waals surface area contributed by atoms with Crippen molar-refractivity contribution in [2.75, 3.05) is 35.6 Å². The average Bonchev–Trinajstić information content (AvgIpc) is 2.47. The van der Waals surface area contributed by atoms with Crippen molar-refractivity contribution in [2.45, 2.75) is 59.3 Å². The van der Waals surface area contributed by atoms with Gasteiger partial charge in [-0.25, -0.2) is 0 Å². The molecule has 3 N–H and O–H groups in total. The highest BCUT2D eigenvalue weighted by Crippen LogP contribution is 2.12. The van der Waals surface area contributed by atoms with Crippen LogP contribution in [0, 0.1) is 0 Å². The van der Waals surface area contributed by atoms with Crippen molar-refractivity contribution in [3.63, 3.8) is 0 Å². The van der Waals surface area contributed by atoms with E-state index in [-0.39, 0.29) is 5.95 Å². The number of nitrogens with zero attached hydrogens (tertiary/aromatic N) is 4. The highest BCUT2D eigenvalue weighted by Gasteiger charge is 2.09. The maximum absolute atomic E-state index is 5.76. The molecule has 6 heteroatoms. The standard InChI is InChI=1S/C15H30N6/c1-4-7-8-9-10-11-12-17-14-18-13(16)19-15(20-14)21(5-2)6-3/h4-12H2,1-3H3,(H3,16,17,18,19,20). The number of aromatic nitrogens is 3. The van der Waals surface area contributed by atoms with Crippen LogP contribution in [0.25, 0.3) is 0 Å². The van der Waals surface area contributed by atoms with Crippen molar-refractivity contribution in [3.05, 3.63) is 0 Å². The number of hydrogen-bond acceptors (Lipinski definition) is 6. The number of nitrogens with two attached hydrogens (primary N) is 1. The topological polar surface area (TPSA) is 80.0 Å². The molecule has 6 nitrogen and oxygen atoms in total. The molecule has 0 saturated carbocycles. The molecule has 0 unspecified atom stereocenters. The van der Waals surface area contributed by atoms with Gasteiger partial charge < -0.3 is 16.0 Å². The second kappa shape index (κ2) is 10.2. The highest BCUT2D eigenvalue weighted by molar-refractivity contribution is 5.41. The summed E-state index contributed by atoms with van der Waals surface area (Å²) >= 11 is 0. The third-order valence-electron chi connectivity index (χ3n) is 3.50. The Morgan fingerprint density at radius 1 is 0.905 bits per heavy atom. The van der Waals surface area contributed by atoms with Gasteiger partial charge in [-0.15, -0.1) is 0 Å². The summed E-state index contributed by atoms with van der Waals surface area (Å²) in [6, 6.07) is 0. The van der Waals surface area contributed by atoms with Crippen LogP contribution < -0.4 is 16.0 Å². The fourth-order valence-corrected chi connectivity index (χ4v) is 2.21. The molecule has 1 aromatic rings. The summed E-state index contributed by atoms with van der Waals surface area (Å²) in [5.41, 5.74) is 5.76. The van der Waals surface area contributed by atoms with Crippen LogP contribution >= 0.6 is 0 Å². The summed E-state index contributed by atoms with van der Waals surface area (Å²) in [4.78, 5) is 14.8. The average molecular weight is 294 g/mol. The zero-order valence-corrected chi connectivity index (χ0v) is 13.7. The lowest BCUT2D eigenvalue weighted by Gasteiger charge is -2.19. The Kier molecular flexibility index (Phi) is 8.47. The molecule has 1 aromatic heterocycles. The minimum absolute atomic E-state index is 0.275. The monoisotopic (exact) mass is 294 g/mol. The molecule has 0 bridgehead atoms. The van der Waals surface area contributed by atoms with Crippen LogP contribution in [0.1, 0.15) is 59.3 Å². The molecular weight excluding hydrogens is 264 g/mol. The van der Waals surface area contributed by atoms with Gasteiger partial charge in [0, 0.05) is 19.6 Å². The van der Waals surface area contributed by atoms with Crippen molar-refractivity contribution >= 4 is 17.8 Å². The maximum Gasteiger partial charge on any atom is 0.231 e. The van der Waals surface area contributed by atoms with Crippen LogP contribution in [0.4, 0.5) is 17.8 Å².